The molecule has 18 atom stereocenters. The SMILES string of the molecule is CN[C@H](CC(C)C)C(=O)N[C@H]1C(=O)N[C@@H](CC(N)=O)C(=O)N[C@H]2C(=O)N[C@H]3C(=O)N[C@H](C(=O)N[C@@H](C(=O)O)c4cc(O)cc(O)c4-c4cc3ccc4O)[C@H](O)c3ccc(c(Cl)c3)Oc3cc2cc(c3O[C@@H]2O[C@H](CO)[C@@H](O)[C@H](O)[C@H]2O[C@H]2C[C@](C)(NCCN)[C@H](O)[C@H](C)O2)Oc2ccc(cc2Cl)[C@H]1O. The van der Waals surface area contributed by atoms with Gasteiger partial charge in [-0.05, 0) is 110 Å². The van der Waals surface area contributed by atoms with Crippen LogP contribution in [-0.2, 0) is 52.6 Å². The molecule has 7 amide bonds. The van der Waals surface area contributed by atoms with Gasteiger partial charge in [-0.1, -0.05) is 55.2 Å². The fourth-order valence-electron chi connectivity index (χ4n) is 13.0. The zero-order valence-corrected chi connectivity index (χ0v) is 57.8. The first-order chi connectivity index (χ1) is 49.2. The maximum absolute atomic E-state index is 16.1. The predicted octanol–water partition coefficient (Wildman–Crippen LogP) is -0.304. The highest BCUT2D eigenvalue weighted by Gasteiger charge is 2.52. The van der Waals surface area contributed by atoms with E-state index in [-0.39, 0.29) is 59.3 Å². The van der Waals surface area contributed by atoms with E-state index in [1.165, 1.54) is 19.2 Å². The summed E-state index contributed by atoms with van der Waals surface area (Å²) in [5, 5.41) is 135. The van der Waals surface area contributed by atoms with Gasteiger partial charge in [0, 0.05) is 47.8 Å². The van der Waals surface area contributed by atoms with Crippen molar-refractivity contribution in [2.45, 2.75) is 156 Å². The van der Waals surface area contributed by atoms with E-state index in [0.717, 1.165) is 66.7 Å². The highest BCUT2D eigenvalue weighted by molar-refractivity contribution is 6.32. The van der Waals surface area contributed by atoms with Crippen molar-refractivity contribution in [2.75, 3.05) is 26.7 Å². The Balaban J connectivity index is 1.24. The first-order valence-electron chi connectivity index (χ1n) is 32.8. The van der Waals surface area contributed by atoms with Crippen molar-refractivity contribution in [1.29, 1.82) is 0 Å². The average Bonchev–Trinajstić information content (AvgIpc) is 0.768. The van der Waals surface area contributed by atoms with E-state index in [1.54, 1.807) is 13.8 Å². The van der Waals surface area contributed by atoms with E-state index in [0.29, 0.717) is 0 Å². The number of aliphatic hydroxyl groups is 6. The Morgan fingerprint density at radius 1 is 0.721 bits per heavy atom. The average molecular weight is 1490 g/mol. The van der Waals surface area contributed by atoms with Gasteiger partial charge in [-0.15, -0.1) is 0 Å². The van der Waals surface area contributed by atoms with Crippen LogP contribution in [0.2, 0.25) is 10.0 Å². The van der Waals surface area contributed by atoms with Crippen LogP contribution in [0.3, 0.4) is 0 Å². The second kappa shape index (κ2) is 32.0. The van der Waals surface area contributed by atoms with E-state index in [2.05, 4.69) is 42.5 Å². The number of nitrogens with two attached hydrogens (primary N) is 2. The number of ether oxygens (including phenoxy) is 6. The van der Waals surface area contributed by atoms with Crippen LogP contribution in [-0.4, -0.2) is 204 Å². The molecule has 7 aliphatic heterocycles. The number of amides is 7. The summed E-state index contributed by atoms with van der Waals surface area (Å²) >= 11 is 14.2. The summed E-state index contributed by atoms with van der Waals surface area (Å²) in [6, 6.07) is -0.636. The van der Waals surface area contributed by atoms with Crippen LogP contribution < -0.4 is 68.2 Å². The molecule has 7 aliphatic rings. The van der Waals surface area contributed by atoms with Gasteiger partial charge in [0.05, 0.1) is 41.3 Å². The molecule has 0 unspecified atom stereocenters. The third-order valence-electron chi connectivity index (χ3n) is 18.4. The maximum Gasteiger partial charge on any atom is 0.330 e. The molecule has 560 valence electrons. The summed E-state index contributed by atoms with van der Waals surface area (Å²) in [5.74, 6) is -16.0. The number of carboxylic acids is 1. The highest BCUT2D eigenvalue weighted by Crippen LogP contribution is 2.50. The third-order valence-corrected chi connectivity index (χ3v) is 19.0. The molecule has 0 radical (unpaired) electrons. The van der Waals surface area contributed by atoms with Gasteiger partial charge in [-0.25, -0.2) is 4.79 Å². The van der Waals surface area contributed by atoms with Crippen molar-refractivity contribution in [1.82, 2.24) is 42.5 Å². The molecule has 2 fully saturated rings. The van der Waals surface area contributed by atoms with Crippen molar-refractivity contribution in [3.05, 3.63) is 117 Å². The van der Waals surface area contributed by atoms with Gasteiger partial charge >= 0.3 is 5.97 Å². The number of hydrogen-bond donors (Lipinski definition) is 20. The first kappa shape index (κ1) is 77.4. The predicted molar refractivity (Wildman–Crippen MR) is 362 cm³/mol. The number of carboxylic acid groups (broad SMARTS) is 1. The number of halogens is 2. The van der Waals surface area contributed by atoms with Crippen LogP contribution in [0.15, 0.2) is 78.9 Å². The molecular weight excluding hydrogens is 1410 g/mol. The van der Waals surface area contributed by atoms with Gasteiger partial charge in [0.15, 0.2) is 29.9 Å². The van der Waals surface area contributed by atoms with Crippen molar-refractivity contribution in [2.24, 2.45) is 17.4 Å². The second-order valence-corrected chi connectivity index (χ2v) is 27.2. The monoisotopic (exact) mass is 1490 g/mol. The Bertz CT molecular complexity index is 4140. The minimum Gasteiger partial charge on any atom is -0.508 e. The van der Waals surface area contributed by atoms with Crippen molar-refractivity contribution in [3.8, 4) is 57.1 Å². The van der Waals surface area contributed by atoms with Crippen molar-refractivity contribution < 1.29 is 118 Å². The number of aromatic hydroxyl groups is 3. The molecule has 0 aromatic heterocycles. The van der Waals surface area contributed by atoms with Crippen LogP contribution >= 0.6 is 23.2 Å². The zero-order chi connectivity index (χ0) is 75.7. The van der Waals surface area contributed by atoms with Crippen LogP contribution in [0, 0.1) is 5.92 Å². The molecule has 11 bridgehead atoms. The lowest BCUT2D eigenvalue weighted by atomic mass is 9.85. The van der Waals surface area contributed by atoms with E-state index < -0.39 is 237 Å². The summed E-state index contributed by atoms with van der Waals surface area (Å²) in [4.78, 5) is 117. The number of aliphatic carboxylic acids is 1. The Labute approximate surface area is 602 Å². The summed E-state index contributed by atoms with van der Waals surface area (Å²) < 4.78 is 38.8. The number of hydrogen-bond acceptors (Lipinski definition) is 26. The van der Waals surface area contributed by atoms with Gasteiger partial charge < -0.3 is 133 Å². The number of phenolic OH excluding ortho intramolecular Hbond substituents is 3. The maximum atomic E-state index is 16.1. The normalized spacial score (nSPS) is 28.9. The number of benzene rings is 5. The highest BCUT2D eigenvalue weighted by atomic mass is 35.5. The molecule has 5 aromatic rings. The Hall–Kier alpha value is -9.24. The molecule has 12 rings (SSSR count). The number of phenols is 3. The Morgan fingerprint density at radius 2 is 1.34 bits per heavy atom. The molecule has 22 N–H and O–H groups in total. The summed E-state index contributed by atoms with van der Waals surface area (Å²) in [6.45, 7) is 6.25. The standard InChI is InChI=1S/C68H80Cl2N10O24/c1-25(2)14-36(73-5)60(91)79-51-53(86)28-7-10-40(34(69)16-28)100-42-18-30-19-43(57(42)104-67-58(56(89)55(88)44(24-81)102-67)103-46-23-68(4,74-13-12-71)59(90)26(3)99-46)101-41-11-8-29(17-35(41)70)54(87)52-65(96)78-50(66(97)98)33-20-31(82)21-39(84)47(33)32-15-27(6-9-38(32)83)48(62(93)80-52)77-63(94)49(30)76-61(92)37(22-45(72)85)75-64(51)95/h6-11,15-21,25-26,36-37,44,46,48-56,58-59,67,73-74,81-84,86-90H,12-14,22-24,71H2,1-5H3,(H2,72,85)(H,75,95)(H,76,92)(H,77,94)(H,78,96)(H,79,91)(H,80,93)(H,97,98)/t26-,36+,37-,44+,46-,48+,49+,50+,51+,52-,53+,54+,55+,56-,58+,59+,67-,68-/m0/s1. The smallest absolute Gasteiger partial charge is 0.330 e. The lowest BCUT2D eigenvalue weighted by Gasteiger charge is -2.48. The molecule has 0 aliphatic carbocycles. The van der Waals surface area contributed by atoms with Crippen LogP contribution in [0.25, 0.3) is 11.1 Å². The van der Waals surface area contributed by atoms with E-state index >= 15 is 14.4 Å². The molecule has 7 heterocycles. The van der Waals surface area contributed by atoms with E-state index in [9.17, 15) is 75.0 Å². The molecule has 104 heavy (non-hydrogen) atoms. The Morgan fingerprint density at radius 3 is 1.93 bits per heavy atom. The number of carbonyl (C=O) groups excluding carboxylic acids is 7. The molecule has 5 aromatic carbocycles. The number of likely N-dealkylation sites (N-methyl/N-ethyl adjacent to an activating group) is 1. The molecule has 0 spiro atoms. The van der Waals surface area contributed by atoms with Crippen LogP contribution in [0.5, 0.6) is 46.0 Å². The van der Waals surface area contributed by atoms with Gasteiger partial charge in [0.25, 0.3) is 0 Å². The minimum atomic E-state index is -2.35. The van der Waals surface area contributed by atoms with E-state index in [1.807, 2.05) is 13.8 Å². The van der Waals surface area contributed by atoms with Gasteiger partial charge in [-0.3, -0.25) is 33.6 Å². The zero-order valence-electron chi connectivity index (χ0n) is 56.2. The third kappa shape index (κ3) is 16.5. The lowest BCUT2D eigenvalue weighted by molar-refractivity contribution is -0.334. The first-order valence-corrected chi connectivity index (χ1v) is 33.6. The Kier molecular flexibility index (Phi) is 23.8. The lowest BCUT2D eigenvalue weighted by Crippen LogP contribution is -2.65. The fraction of sp³-hybridized carbons (Fsp3) is 0.441. The van der Waals surface area contributed by atoms with Crippen molar-refractivity contribution in [3.63, 3.8) is 0 Å². The number of nitrogens with one attached hydrogen (secondary N) is 8. The number of carbonyl (C=O) groups is 8. The van der Waals surface area contributed by atoms with Crippen LogP contribution in [0.4, 0.5) is 0 Å². The minimum absolute atomic E-state index is 0.0993. The van der Waals surface area contributed by atoms with Gasteiger partial charge in [-0.2, -0.15) is 0 Å². The van der Waals surface area contributed by atoms with Gasteiger partial charge in [0.1, 0.15) is 89.5 Å². The van der Waals surface area contributed by atoms with Gasteiger partial charge in [0.2, 0.25) is 53.4 Å². The summed E-state index contributed by atoms with van der Waals surface area (Å²) in [5.41, 5.74) is 7.58. The number of rotatable bonds is 16. The topological polar surface area (TPSA) is 543 Å². The second-order valence-electron chi connectivity index (χ2n) is 26.3. The van der Waals surface area contributed by atoms with Crippen LogP contribution in [0.1, 0.15) is 105 Å². The largest absolute Gasteiger partial charge is 0.508 e. The molecular formula is C68H80Cl2N10O24. The summed E-state index contributed by atoms with van der Waals surface area (Å²) in [6.07, 6.45) is -18.3. The fourth-order valence-corrected chi connectivity index (χ4v) is 13.5. The number of primary amides is 1. The summed E-state index contributed by atoms with van der Waals surface area (Å²) in [7, 11) is 1.47. The van der Waals surface area contributed by atoms with E-state index in [4.69, 9.17) is 63.1 Å². The number of fused-ring (bicyclic) bond motifs is 15. The quantitative estimate of drug-likeness (QED) is 0.0603. The molecule has 0 saturated carbocycles. The molecule has 36 heteroatoms. The molecule has 2 saturated heterocycles. The van der Waals surface area contributed by atoms with Crippen molar-refractivity contribution >= 4 is 70.5 Å². The number of aliphatic hydroxyl groups excluding tert-OH is 6. The molecule has 34 nitrogen and oxygen atoms in total.